The Morgan fingerprint density at radius 3 is 2.20 bits per heavy atom. The van der Waals surface area contributed by atoms with E-state index in [-0.39, 0.29) is 17.4 Å². The maximum atomic E-state index is 13.7. The van der Waals surface area contributed by atoms with Crippen LogP contribution in [0.4, 0.5) is 33.8 Å². The molecule has 0 unspecified atom stereocenters. The van der Waals surface area contributed by atoms with E-state index in [4.69, 9.17) is 0 Å². The molecule has 0 bridgehead atoms. The minimum absolute atomic E-state index is 0.0248. The van der Waals surface area contributed by atoms with E-state index in [1.54, 1.807) is 19.1 Å². The highest BCUT2D eigenvalue weighted by atomic mass is 19.4. The number of amides is 1. The van der Waals surface area contributed by atoms with Crippen LogP contribution < -0.4 is 10.4 Å². The number of benzene rings is 2. The molecule has 0 radical (unpaired) electrons. The van der Waals surface area contributed by atoms with Gasteiger partial charge >= 0.3 is 12.3 Å². The maximum Gasteiger partial charge on any atom is 0.443 e. The van der Waals surface area contributed by atoms with Crippen LogP contribution in [0, 0.1) is 0 Å². The number of carbonyl (C=O) groups is 1. The molecular weight excluding hydrogens is 340 g/mol. The summed E-state index contributed by atoms with van der Waals surface area (Å²) >= 11 is 0. The number of halogens is 4. The molecule has 1 amide bonds. The number of hydrogen-bond donors (Lipinski definition) is 1. The van der Waals surface area contributed by atoms with E-state index in [1.807, 2.05) is 0 Å². The van der Waals surface area contributed by atoms with E-state index in [0.29, 0.717) is 12.2 Å². The Hall–Kier alpha value is -2.77. The monoisotopic (exact) mass is 356 g/mol. The first-order valence-electron chi connectivity index (χ1n) is 7.44. The third kappa shape index (κ3) is 5.10. The molecule has 4 nitrogen and oxygen atoms in total. The number of alkyl halides is 3. The van der Waals surface area contributed by atoms with Crippen molar-refractivity contribution in [1.82, 2.24) is 0 Å². The van der Waals surface area contributed by atoms with Crippen LogP contribution in [-0.4, -0.2) is 12.7 Å². The molecule has 25 heavy (non-hydrogen) atoms. The van der Waals surface area contributed by atoms with Crippen molar-refractivity contribution in [3.63, 3.8) is 0 Å². The van der Waals surface area contributed by atoms with Crippen molar-refractivity contribution in [1.29, 1.82) is 0 Å². The zero-order chi connectivity index (χ0) is 18.4. The third-order valence-corrected chi connectivity index (χ3v) is 3.30. The minimum Gasteiger partial charge on any atom is -0.448 e. The van der Waals surface area contributed by atoms with E-state index in [1.165, 1.54) is 24.3 Å². The maximum absolute atomic E-state index is 13.7. The first kappa shape index (κ1) is 18.6. The molecule has 0 heterocycles. The van der Waals surface area contributed by atoms with E-state index in [0.717, 1.165) is 17.7 Å². The van der Waals surface area contributed by atoms with Crippen molar-refractivity contribution >= 4 is 17.5 Å². The van der Waals surface area contributed by atoms with E-state index in [2.05, 4.69) is 10.1 Å². The first-order chi connectivity index (χ1) is 11.8. The van der Waals surface area contributed by atoms with Gasteiger partial charge in [0, 0.05) is 12.2 Å². The van der Waals surface area contributed by atoms with Crippen LogP contribution in [0.15, 0.2) is 48.5 Å². The van der Waals surface area contributed by atoms with Crippen molar-refractivity contribution < 1.29 is 27.2 Å². The van der Waals surface area contributed by atoms with Crippen LogP contribution in [0.1, 0.15) is 18.1 Å². The Balaban J connectivity index is 1.94. The minimum atomic E-state index is -4.37. The normalized spacial score (nSPS) is 11.1. The van der Waals surface area contributed by atoms with E-state index < -0.39 is 17.8 Å². The van der Waals surface area contributed by atoms with E-state index >= 15 is 0 Å². The number of ether oxygens (including phenoxy) is 1. The van der Waals surface area contributed by atoms with Gasteiger partial charge in [-0.3, -0.25) is 0 Å². The molecule has 0 atom stereocenters. The predicted molar refractivity (Wildman–Crippen MR) is 85.8 cm³/mol. The smallest absolute Gasteiger partial charge is 0.443 e. The summed E-state index contributed by atoms with van der Waals surface area (Å²) in [5.74, 6) is 0. The van der Waals surface area contributed by atoms with Crippen LogP contribution >= 0.6 is 0 Å². The van der Waals surface area contributed by atoms with Gasteiger partial charge in [0.15, 0.2) is 0 Å². The Kier molecular flexibility index (Phi) is 5.84. The Morgan fingerprint density at radius 2 is 1.68 bits per heavy atom. The fraction of sp³-hybridized carbons (Fsp3) is 0.235. The summed E-state index contributed by atoms with van der Waals surface area (Å²) in [5.41, 5.74) is 0.595. The van der Waals surface area contributed by atoms with Gasteiger partial charge in [-0.1, -0.05) is 16.6 Å². The van der Waals surface area contributed by atoms with Gasteiger partial charge in [-0.2, -0.15) is 13.2 Å². The quantitative estimate of drug-likeness (QED) is 0.594. The molecule has 2 rings (SSSR count). The second kappa shape index (κ2) is 7.87. The average molecular weight is 356 g/mol. The highest BCUT2D eigenvalue weighted by molar-refractivity contribution is 5.85. The number of hydrogen-bond acceptors (Lipinski definition) is 3. The Labute approximate surface area is 141 Å². The van der Waals surface area contributed by atoms with Crippen LogP contribution in [0.2, 0.25) is 0 Å². The summed E-state index contributed by atoms with van der Waals surface area (Å²) in [6, 6.07) is 10.7. The molecule has 0 spiro atoms. The van der Waals surface area contributed by atoms with Crippen molar-refractivity contribution in [3.8, 4) is 0 Å². The summed E-state index contributed by atoms with van der Waals surface area (Å²) in [5, 5.41) is 2.86. The number of carbonyl (C=O) groups excluding carboxylic acids is 1. The van der Waals surface area contributed by atoms with Gasteiger partial charge in [0.1, 0.15) is 0 Å². The molecule has 2 aromatic carbocycles. The van der Waals surface area contributed by atoms with E-state index in [9.17, 15) is 22.4 Å². The molecule has 1 N–H and O–H groups in total. The molecule has 0 saturated heterocycles. The highest BCUT2D eigenvalue weighted by Gasteiger charge is 2.29. The van der Waals surface area contributed by atoms with Crippen molar-refractivity contribution in [3.05, 3.63) is 59.7 Å². The van der Waals surface area contributed by atoms with Crippen LogP contribution in [-0.2, 0) is 17.5 Å². The number of rotatable bonds is 5. The first-order valence-corrected chi connectivity index (χ1v) is 7.44. The second-order valence-electron chi connectivity index (χ2n) is 5.07. The lowest BCUT2D eigenvalue weighted by Crippen LogP contribution is -2.22. The third-order valence-electron chi connectivity index (χ3n) is 3.30. The van der Waals surface area contributed by atoms with Gasteiger partial charge in [-0.15, -0.1) is 5.12 Å². The molecule has 2 aromatic rings. The van der Waals surface area contributed by atoms with Gasteiger partial charge in [0.2, 0.25) is 0 Å². The van der Waals surface area contributed by atoms with Crippen LogP contribution in [0.3, 0.4) is 0 Å². The van der Waals surface area contributed by atoms with Gasteiger partial charge in [0.25, 0.3) is 0 Å². The van der Waals surface area contributed by atoms with Crippen LogP contribution in [0.5, 0.6) is 0 Å². The van der Waals surface area contributed by atoms with Crippen molar-refractivity contribution in [2.75, 3.05) is 17.0 Å². The summed E-state index contributed by atoms with van der Waals surface area (Å²) < 4.78 is 55.7. The summed E-state index contributed by atoms with van der Waals surface area (Å²) in [6.45, 7) is 1.97. The van der Waals surface area contributed by atoms with Gasteiger partial charge in [0.05, 0.1) is 17.9 Å². The number of nitrogens with zero attached hydrogens (tertiary/aromatic N) is 1. The zero-order valence-electron chi connectivity index (χ0n) is 13.3. The fourth-order valence-electron chi connectivity index (χ4n) is 2.01. The SMILES string of the molecule is CCOC(=O)N(F)c1ccc(CNc2ccc(C(F)(F)F)cc2)cc1. The molecule has 0 aliphatic carbocycles. The predicted octanol–water partition coefficient (Wildman–Crippen LogP) is 5.16. The molecule has 0 aliphatic rings. The summed E-state index contributed by atoms with van der Waals surface area (Å²) in [7, 11) is 0. The van der Waals surface area contributed by atoms with Crippen molar-refractivity contribution in [2.45, 2.75) is 19.6 Å². The molecule has 134 valence electrons. The summed E-state index contributed by atoms with van der Waals surface area (Å²) in [6.07, 6.45) is -5.47. The lowest BCUT2D eigenvalue weighted by Gasteiger charge is -2.12. The molecule has 0 saturated carbocycles. The largest absolute Gasteiger partial charge is 0.448 e. The van der Waals surface area contributed by atoms with Gasteiger partial charge in [-0.25, -0.2) is 4.79 Å². The zero-order valence-corrected chi connectivity index (χ0v) is 13.3. The topological polar surface area (TPSA) is 41.6 Å². The van der Waals surface area contributed by atoms with Crippen molar-refractivity contribution in [2.24, 2.45) is 0 Å². The Morgan fingerprint density at radius 1 is 1.08 bits per heavy atom. The highest BCUT2D eigenvalue weighted by Crippen LogP contribution is 2.29. The van der Waals surface area contributed by atoms with Gasteiger partial charge in [-0.05, 0) is 48.9 Å². The summed E-state index contributed by atoms with van der Waals surface area (Å²) in [4.78, 5) is 11.3. The molecule has 8 heteroatoms. The standard InChI is InChI=1S/C17H16F4N2O2/c1-2-25-16(24)23(21)15-9-3-12(4-10-15)11-22-14-7-5-13(6-8-14)17(18,19)20/h3-10,22H,2,11H2,1H3. The average Bonchev–Trinajstić information content (AvgIpc) is 2.59. The lowest BCUT2D eigenvalue weighted by atomic mass is 10.1. The molecular formula is C17H16F4N2O2. The molecule has 0 aromatic heterocycles. The lowest BCUT2D eigenvalue weighted by molar-refractivity contribution is -0.137. The number of anilines is 2. The molecule has 0 fully saturated rings. The second-order valence-corrected chi connectivity index (χ2v) is 5.07. The Bertz CT molecular complexity index is 700. The van der Waals surface area contributed by atoms with Crippen LogP contribution in [0.25, 0.3) is 0 Å². The molecule has 0 aliphatic heterocycles. The fourth-order valence-corrected chi connectivity index (χ4v) is 2.01. The van der Waals surface area contributed by atoms with Gasteiger partial charge < -0.3 is 10.1 Å². The number of nitrogens with one attached hydrogen (secondary N) is 1.